The van der Waals surface area contributed by atoms with Gasteiger partial charge in [-0.15, -0.1) is 5.78 Å². The summed E-state index contributed by atoms with van der Waals surface area (Å²) in [5.41, 5.74) is 5.34. The van der Waals surface area contributed by atoms with Crippen molar-refractivity contribution in [2.75, 3.05) is 26.4 Å². The van der Waals surface area contributed by atoms with Gasteiger partial charge >= 0.3 is 18.1 Å². The van der Waals surface area contributed by atoms with Gasteiger partial charge in [-0.1, -0.05) is 0 Å². The molecule has 0 aliphatic carbocycles. The van der Waals surface area contributed by atoms with Gasteiger partial charge in [0.2, 0.25) is 0 Å². The van der Waals surface area contributed by atoms with Crippen molar-refractivity contribution in [2.45, 2.75) is 72.6 Å². The van der Waals surface area contributed by atoms with Crippen LogP contribution in [0.2, 0.25) is 0 Å². The predicted octanol–water partition coefficient (Wildman–Crippen LogP) is 1.92. The molecule has 0 aromatic heterocycles. The van der Waals surface area contributed by atoms with Crippen molar-refractivity contribution in [1.29, 1.82) is 0 Å². The normalized spacial score (nSPS) is 9.69. The predicted molar refractivity (Wildman–Crippen MR) is 157 cm³/mol. The van der Waals surface area contributed by atoms with Crippen LogP contribution in [-0.2, 0) is 179 Å². The molecule has 0 fully saturated rings. The second kappa shape index (κ2) is 51.6. The number of ether oxygens (including phenoxy) is 6. The van der Waals surface area contributed by atoms with E-state index in [1.165, 1.54) is 13.8 Å². The maximum absolute atomic E-state index is 10.8. The fourth-order valence-corrected chi connectivity index (χ4v) is 1.70. The number of carbonyl (C=O) groups excluding carboxylic acids is 8. The smallest absolute Gasteiger partial charge is 0.489 e. The zero-order chi connectivity index (χ0) is 35.8. The fourth-order valence-electron chi connectivity index (χ4n) is 1.70. The van der Waals surface area contributed by atoms with E-state index in [9.17, 15) is 38.4 Å². The van der Waals surface area contributed by atoms with Gasteiger partial charge in [-0.2, -0.15) is 0 Å². The Kier molecular flexibility index (Phi) is 77.4. The van der Waals surface area contributed by atoms with Gasteiger partial charge < -0.3 is 76.2 Å². The molecule has 0 aliphatic heterocycles. The first kappa shape index (κ1) is 73.6. The van der Waals surface area contributed by atoms with E-state index in [2.05, 4.69) is 70.0 Å². The van der Waals surface area contributed by atoms with Gasteiger partial charge in [0.15, 0.2) is 18.0 Å². The van der Waals surface area contributed by atoms with E-state index in [4.69, 9.17) is 5.73 Å². The molecular formula is C29H47NO14W4Y-6. The first-order chi connectivity index (χ1) is 20.2. The molecule has 0 aromatic carbocycles. The third-order valence-electron chi connectivity index (χ3n) is 3.60. The van der Waals surface area contributed by atoms with Crippen LogP contribution in [0.5, 0.6) is 0 Å². The van der Waals surface area contributed by atoms with Crippen LogP contribution in [0, 0.1) is 41.5 Å². The molecule has 15 nitrogen and oxygen atoms in total. The first-order valence-electron chi connectivity index (χ1n) is 13.0. The largest absolute Gasteiger partial charge is 0.508 e. The van der Waals surface area contributed by atoms with Crippen molar-refractivity contribution in [1.82, 2.24) is 0 Å². The third kappa shape index (κ3) is 73.6. The molecule has 0 aromatic rings. The van der Waals surface area contributed by atoms with Gasteiger partial charge in [-0.25, -0.2) is 9.59 Å². The van der Waals surface area contributed by atoms with E-state index in [0.29, 0.717) is 19.6 Å². The second-order valence-corrected chi connectivity index (χ2v) is 7.55. The molecule has 285 valence electrons. The van der Waals surface area contributed by atoms with Crippen LogP contribution < -0.4 is 5.73 Å². The summed E-state index contributed by atoms with van der Waals surface area (Å²) in [6, 6.07) is -0.644. The molecule has 49 heavy (non-hydrogen) atoms. The van der Waals surface area contributed by atoms with Gasteiger partial charge in [0.1, 0.15) is 6.10 Å². The molecule has 20 heteroatoms. The van der Waals surface area contributed by atoms with Crippen molar-refractivity contribution >= 4 is 47.4 Å². The van der Waals surface area contributed by atoms with Crippen LogP contribution in [0.25, 0.3) is 0 Å². The Morgan fingerprint density at radius 2 is 0.959 bits per heavy atom. The average Bonchev–Trinajstić information content (AvgIpc) is 2.88. The van der Waals surface area contributed by atoms with E-state index in [-0.39, 0.29) is 154 Å². The Morgan fingerprint density at radius 3 is 1.22 bits per heavy atom. The minimum absolute atomic E-state index is 0. The second-order valence-electron chi connectivity index (χ2n) is 7.55. The van der Waals surface area contributed by atoms with Crippen LogP contribution >= 0.6 is 0 Å². The topological polar surface area (TPSA) is 218 Å². The van der Waals surface area contributed by atoms with Crippen LogP contribution in [0.15, 0.2) is 0 Å². The summed E-state index contributed by atoms with van der Waals surface area (Å²) in [5, 5.41) is 0. The summed E-state index contributed by atoms with van der Waals surface area (Å²) in [4.78, 5) is 82.2. The molecule has 0 rings (SSSR count). The van der Waals surface area contributed by atoms with Crippen molar-refractivity contribution in [3.63, 3.8) is 0 Å². The van der Waals surface area contributed by atoms with Crippen molar-refractivity contribution < 1.29 is 184 Å². The van der Waals surface area contributed by atoms with E-state index in [1.54, 1.807) is 27.7 Å². The molecular weight excluding hydrogens is 1410 g/mol. The number of Topliss-reactive ketones (excluding diaryl/α,β-unsaturated/α-hetero) is 3. The van der Waals surface area contributed by atoms with E-state index in [1.807, 2.05) is 0 Å². The van der Waals surface area contributed by atoms with Crippen molar-refractivity contribution in [2.24, 2.45) is 5.73 Å². The molecule has 0 heterocycles. The molecule has 0 bridgehead atoms. The zero-order valence-electron chi connectivity index (χ0n) is 28.7. The summed E-state index contributed by atoms with van der Waals surface area (Å²) < 4.78 is 26.8. The van der Waals surface area contributed by atoms with E-state index >= 15 is 0 Å². The molecule has 3 atom stereocenters. The Hall–Kier alpha value is -0.803. The SMILES string of the molecule is [CH2-]C(=O)C(C)OC(=O)OCC.[CH2-]C(=O)C(N)CCC(=O)OCC.[CH2-]C(=O)OC(C)C(=O)OCC.[CH2-]C(=O)OCC.[CH2-]C([CH2-])=O.[W].[W].[W].[W].[Y]. The number of nitrogens with two attached hydrogens (primary N) is 1. The number of esters is 4. The summed E-state index contributed by atoms with van der Waals surface area (Å²) in [7, 11) is 0. The first-order valence-corrected chi connectivity index (χ1v) is 13.0. The van der Waals surface area contributed by atoms with Crippen LogP contribution in [0.4, 0.5) is 4.79 Å². The summed E-state index contributed by atoms with van der Waals surface area (Å²) in [6.07, 6.45) is -2.04. The monoisotopic (exact) mass is 1460 g/mol. The minimum Gasteiger partial charge on any atom is -0.489 e. The Morgan fingerprint density at radius 1 is 0.571 bits per heavy atom. The van der Waals surface area contributed by atoms with Crippen molar-refractivity contribution in [3.05, 3.63) is 41.5 Å². The molecule has 0 amide bonds. The zero-order valence-corrected chi connectivity index (χ0v) is 43.3. The quantitative estimate of drug-likeness (QED) is 0.168. The number of ketones is 3. The molecule has 1 radical (unpaired) electrons. The standard InChI is InChI=1S/C8H14NO3.2C7H11O4.C4H7O2.C3H4O.4W.Y/c1-3-12-8(11)5-4-7(9)6(2)10;1-4-10-7(9)5(2)11-6(3)8;1-4-10-7(9)11-6(3)5(2)8;1-3-6-4(2)5;1-3(2)4;;;;;/h7H,2-5,9H2,1H3;5H,3-4H2,1-2H3;6H,2,4H2,1,3H3;2-3H2,1H3;1-2H2;;;;;/q4*-1;-2;;;;;. The summed E-state index contributed by atoms with van der Waals surface area (Å²) in [5.74, 6) is -3.20. The number of carbonyl (C=O) groups is 8. The summed E-state index contributed by atoms with van der Waals surface area (Å²) in [6.45, 7) is 28.9. The molecule has 0 spiro atoms. The van der Waals surface area contributed by atoms with Gasteiger partial charge in [0.05, 0.1) is 26.4 Å². The minimum atomic E-state index is -0.861. The van der Waals surface area contributed by atoms with Crippen LogP contribution in [0.1, 0.15) is 54.4 Å². The number of hydrogen-bond acceptors (Lipinski definition) is 15. The van der Waals surface area contributed by atoms with E-state index in [0.717, 1.165) is 0 Å². The molecule has 0 saturated heterocycles. The Bertz CT molecular complexity index is 880. The molecule has 0 saturated carbocycles. The van der Waals surface area contributed by atoms with Gasteiger partial charge in [-0.05, 0) is 48.0 Å². The van der Waals surface area contributed by atoms with Crippen LogP contribution in [-0.4, -0.2) is 92.1 Å². The maximum atomic E-state index is 10.8. The van der Waals surface area contributed by atoms with Gasteiger partial charge in [-0.3, -0.25) is 28.2 Å². The molecule has 2 N–H and O–H groups in total. The van der Waals surface area contributed by atoms with Gasteiger partial charge in [0, 0.05) is 141 Å². The summed E-state index contributed by atoms with van der Waals surface area (Å²) >= 11 is 0. The van der Waals surface area contributed by atoms with Gasteiger partial charge in [0.25, 0.3) is 0 Å². The number of rotatable bonds is 12. The Labute approximate surface area is 373 Å². The van der Waals surface area contributed by atoms with E-state index < -0.39 is 48.1 Å². The Balaban J connectivity index is -0.0000000491. The average molecular weight is 1460 g/mol. The number of hydrogen-bond donors (Lipinski definition) is 1. The molecule has 3 unspecified atom stereocenters. The third-order valence-corrected chi connectivity index (χ3v) is 3.60. The fraction of sp³-hybridized carbons (Fsp3) is 0.517. The van der Waals surface area contributed by atoms with Crippen LogP contribution in [0.3, 0.4) is 0 Å². The maximum Gasteiger partial charge on any atom is 0.508 e. The van der Waals surface area contributed by atoms with Crippen molar-refractivity contribution in [3.8, 4) is 0 Å². The molecule has 0 aliphatic rings.